The van der Waals surface area contributed by atoms with Crippen LogP contribution in [0.1, 0.15) is 34.1 Å². The minimum absolute atomic E-state index is 0.127. The quantitative estimate of drug-likeness (QED) is 0.307. The number of thiophene rings is 1. The molecule has 4 rings (SSSR count). The van der Waals surface area contributed by atoms with Gasteiger partial charge in [0.2, 0.25) is 0 Å². The largest absolute Gasteiger partial charge is 0.293 e. The lowest BCUT2D eigenvalue weighted by Gasteiger charge is -2.18. The molecule has 0 amide bonds. The average Bonchev–Trinajstić information content (AvgIpc) is 2.98. The van der Waals surface area contributed by atoms with Crippen molar-refractivity contribution < 1.29 is 4.79 Å². The van der Waals surface area contributed by atoms with Crippen molar-refractivity contribution in [1.29, 1.82) is 0 Å². The first-order valence-corrected chi connectivity index (χ1v) is 10.9. The number of benzene rings is 1. The Morgan fingerprint density at radius 2 is 2.12 bits per heavy atom. The van der Waals surface area contributed by atoms with Gasteiger partial charge in [-0.1, -0.05) is 46.7 Å². The van der Waals surface area contributed by atoms with Crippen LogP contribution in [-0.2, 0) is 12.8 Å². The van der Waals surface area contributed by atoms with Crippen molar-refractivity contribution in [3.8, 4) is 0 Å². The fraction of sp³-hybridized carbons (Fsp3) is 0.316. The van der Waals surface area contributed by atoms with E-state index in [-0.39, 0.29) is 5.78 Å². The zero-order valence-electron chi connectivity index (χ0n) is 13.8. The molecule has 0 bridgehead atoms. The molecular weight excluding hydrogens is 416 g/mol. The number of fused-ring (bicyclic) bond motifs is 3. The number of halogens is 1. The van der Waals surface area contributed by atoms with Gasteiger partial charge in [-0.25, -0.2) is 9.97 Å². The predicted octanol–water partition coefficient (Wildman–Crippen LogP) is 5.55. The van der Waals surface area contributed by atoms with Crippen LogP contribution in [0.25, 0.3) is 10.2 Å². The summed E-state index contributed by atoms with van der Waals surface area (Å²) in [7, 11) is 0. The van der Waals surface area contributed by atoms with Crippen LogP contribution in [0, 0.1) is 5.92 Å². The summed E-state index contributed by atoms with van der Waals surface area (Å²) in [5, 5.41) is 2.13. The molecule has 3 nitrogen and oxygen atoms in total. The molecule has 0 saturated heterocycles. The number of Topliss-reactive ketones (excluding diaryl/α,β-unsaturated/α-hetero) is 1. The molecule has 1 aliphatic rings. The highest BCUT2D eigenvalue weighted by atomic mass is 79.9. The van der Waals surface area contributed by atoms with Gasteiger partial charge in [0.25, 0.3) is 0 Å². The molecule has 0 N–H and O–H groups in total. The molecule has 1 aliphatic carbocycles. The van der Waals surface area contributed by atoms with Gasteiger partial charge in [0, 0.05) is 20.3 Å². The highest BCUT2D eigenvalue weighted by Crippen LogP contribution is 2.40. The Morgan fingerprint density at radius 3 is 2.92 bits per heavy atom. The minimum atomic E-state index is 0.127. The zero-order chi connectivity index (χ0) is 17.4. The van der Waals surface area contributed by atoms with Gasteiger partial charge in [-0.2, -0.15) is 0 Å². The lowest BCUT2D eigenvalue weighted by atomic mass is 9.89. The van der Waals surface area contributed by atoms with E-state index in [0.717, 1.165) is 38.7 Å². The van der Waals surface area contributed by atoms with Crippen LogP contribution in [0.5, 0.6) is 0 Å². The van der Waals surface area contributed by atoms with Crippen molar-refractivity contribution in [2.45, 2.75) is 31.2 Å². The second kappa shape index (κ2) is 7.17. The van der Waals surface area contributed by atoms with Crippen molar-refractivity contribution in [1.82, 2.24) is 9.97 Å². The van der Waals surface area contributed by atoms with Gasteiger partial charge in [-0.05, 0) is 42.9 Å². The van der Waals surface area contributed by atoms with E-state index in [2.05, 4.69) is 32.8 Å². The van der Waals surface area contributed by atoms with Gasteiger partial charge in [0.1, 0.15) is 16.2 Å². The van der Waals surface area contributed by atoms with Crippen molar-refractivity contribution in [2.75, 3.05) is 5.75 Å². The number of hydrogen-bond acceptors (Lipinski definition) is 5. The van der Waals surface area contributed by atoms with E-state index in [1.54, 1.807) is 17.7 Å². The van der Waals surface area contributed by atoms with E-state index in [9.17, 15) is 4.79 Å². The number of carbonyl (C=O) groups excluding carboxylic acids is 1. The number of ketones is 1. The lowest BCUT2D eigenvalue weighted by Crippen LogP contribution is -2.09. The Labute approximate surface area is 163 Å². The maximum absolute atomic E-state index is 12.5. The van der Waals surface area contributed by atoms with Crippen LogP contribution in [0.15, 0.2) is 40.1 Å². The molecule has 2 heterocycles. The Balaban J connectivity index is 1.59. The SMILES string of the molecule is C[C@@H]1CCc2c(sc3ncnc(SCC(=O)c4ccc(Br)cc4)c23)C1. The highest BCUT2D eigenvalue weighted by molar-refractivity contribution is 9.10. The van der Waals surface area contributed by atoms with Crippen LogP contribution < -0.4 is 0 Å². The molecule has 0 saturated carbocycles. The van der Waals surface area contributed by atoms with E-state index in [4.69, 9.17) is 0 Å². The van der Waals surface area contributed by atoms with Crippen LogP contribution in [0.4, 0.5) is 0 Å². The van der Waals surface area contributed by atoms with Crippen molar-refractivity contribution in [3.05, 3.63) is 51.1 Å². The first kappa shape index (κ1) is 17.2. The summed E-state index contributed by atoms with van der Waals surface area (Å²) in [5.74, 6) is 1.26. The molecule has 0 fully saturated rings. The third kappa shape index (κ3) is 3.52. The van der Waals surface area contributed by atoms with Crippen LogP contribution in [0.2, 0.25) is 0 Å². The van der Waals surface area contributed by atoms with Crippen molar-refractivity contribution in [2.24, 2.45) is 5.92 Å². The van der Waals surface area contributed by atoms with Crippen molar-refractivity contribution >= 4 is 55.0 Å². The summed E-state index contributed by atoms with van der Waals surface area (Å²) >= 11 is 6.72. The van der Waals surface area contributed by atoms with Gasteiger partial charge in [0.15, 0.2) is 5.78 Å². The van der Waals surface area contributed by atoms with E-state index in [0.29, 0.717) is 5.75 Å². The Bertz CT molecular complexity index is 936. The molecule has 0 radical (unpaired) electrons. The highest BCUT2D eigenvalue weighted by Gasteiger charge is 2.23. The first-order chi connectivity index (χ1) is 12.1. The molecule has 2 aromatic heterocycles. The number of thioether (sulfide) groups is 1. The van der Waals surface area contributed by atoms with Crippen LogP contribution >= 0.6 is 39.0 Å². The summed E-state index contributed by atoms with van der Waals surface area (Å²) in [6, 6.07) is 7.52. The zero-order valence-corrected chi connectivity index (χ0v) is 17.0. The van der Waals surface area contributed by atoms with Gasteiger partial charge in [-0.3, -0.25) is 4.79 Å². The fourth-order valence-corrected chi connectivity index (χ4v) is 5.81. The number of carbonyl (C=O) groups is 1. The standard InChI is InChI=1S/C19H17BrN2OS2/c1-11-2-7-14-16(8-11)25-19-17(14)18(21-10-22-19)24-9-15(23)12-3-5-13(20)6-4-12/h3-6,10-11H,2,7-9H2,1H3/t11-/m1/s1. The summed E-state index contributed by atoms with van der Waals surface area (Å²) < 4.78 is 0.980. The summed E-state index contributed by atoms with van der Waals surface area (Å²) in [6.45, 7) is 2.31. The Hall–Kier alpha value is -1.24. The molecule has 0 aliphatic heterocycles. The van der Waals surface area contributed by atoms with Crippen LogP contribution in [0.3, 0.4) is 0 Å². The minimum Gasteiger partial charge on any atom is -0.293 e. The van der Waals surface area contributed by atoms with Crippen LogP contribution in [-0.4, -0.2) is 21.5 Å². The topological polar surface area (TPSA) is 42.9 Å². The van der Waals surface area contributed by atoms with E-state index in [1.165, 1.54) is 34.0 Å². The maximum atomic E-state index is 12.5. The van der Waals surface area contributed by atoms with E-state index < -0.39 is 0 Å². The first-order valence-electron chi connectivity index (χ1n) is 8.28. The van der Waals surface area contributed by atoms with E-state index >= 15 is 0 Å². The summed E-state index contributed by atoms with van der Waals surface area (Å²) in [5.41, 5.74) is 2.15. The Kier molecular flexibility index (Phi) is 4.93. The third-order valence-corrected chi connectivity index (χ3v) is 7.24. The number of aryl methyl sites for hydroxylation is 1. The van der Waals surface area contributed by atoms with Gasteiger partial charge < -0.3 is 0 Å². The average molecular weight is 433 g/mol. The molecule has 1 aromatic carbocycles. The maximum Gasteiger partial charge on any atom is 0.173 e. The molecule has 1 atom stereocenters. The molecule has 0 unspecified atom stereocenters. The molecular formula is C19H17BrN2OS2. The second-order valence-corrected chi connectivity index (χ2v) is 9.39. The number of hydrogen-bond donors (Lipinski definition) is 0. The fourth-order valence-electron chi connectivity index (χ4n) is 3.21. The normalized spacial score (nSPS) is 16.8. The van der Waals surface area contributed by atoms with Gasteiger partial charge in [-0.15, -0.1) is 11.3 Å². The molecule has 128 valence electrons. The predicted molar refractivity (Wildman–Crippen MR) is 108 cm³/mol. The molecule has 0 spiro atoms. The third-order valence-electron chi connectivity index (χ3n) is 4.56. The van der Waals surface area contributed by atoms with Gasteiger partial charge in [0.05, 0.1) is 5.75 Å². The number of aromatic nitrogens is 2. The second-order valence-electron chi connectivity index (χ2n) is 6.43. The smallest absolute Gasteiger partial charge is 0.173 e. The van der Waals surface area contributed by atoms with Gasteiger partial charge >= 0.3 is 0 Å². The monoisotopic (exact) mass is 432 g/mol. The molecule has 25 heavy (non-hydrogen) atoms. The van der Waals surface area contributed by atoms with Crippen molar-refractivity contribution in [3.63, 3.8) is 0 Å². The number of nitrogens with zero attached hydrogens (tertiary/aromatic N) is 2. The summed E-state index contributed by atoms with van der Waals surface area (Å²) in [4.78, 5) is 23.9. The lowest BCUT2D eigenvalue weighted by molar-refractivity contribution is 0.102. The van der Waals surface area contributed by atoms with E-state index in [1.807, 2.05) is 24.3 Å². The molecule has 6 heteroatoms. The summed E-state index contributed by atoms with van der Waals surface area (Å²) in [6.07, 6.45) is 5.08. The molecule has 3 aromatic rings. The number of rotatable bonds is 4. The Morgan fingerprint density at radius 1 is 1.32 bits per heavy atom.